The summed E-state index contributed by atoms with van der Waals surface area (Å²) in [7, 11) is 0. The van der Waals surface area contributed by atoms with Crippen LogP contribution < -0.4 is 0 Å². The quantitative estimate of drug-likeness (QED) is 0.529. The Morgan fingerprint density at radius 1 is 1.42 bits per heavy atom. The molecule has 3 aliphatic heterocycles. The van der Waals surface area contributed by atoms with Gasteiger partial charge in [0.2, 0.25) is 5.91 Å². The highest BCUT2D eigenvalue weighted by Crippen LogP contribution is 2.34. The van der Waals surface area contributed by atoms with E-state index in [0.717, 1.165) is 12.0 Å². The largest absolute Gasteiger partial charge is 0.459 e. The Balaban J connectivity index is 1.85. The summed E-state index contributed by atoms with van der Waals surface area (Å²) >= 11 is 0. The molecule has 0 aromatic carbocycles. The molecule has 3 heterocycles. The molecule has 0 aliphatic carbocycles. The maximum atomic E-state index is 12.0. The van der Waals surface area contributed by atoms with E-state index < -0.39 is 12.4 Å². The number of fused-ring (bicyclic) bond motifs is 1. The third-order valence-electron chi connectivity index (χ3n) is 3.69. The van der Waals surface area contributed by atoms with Crippen molar-refractivity contribution in [3.8, 4) is 0 Å². The molecule has 2 fully saturated rings. The summed E-state index contributed by atoms with van der Waals surface area (Å²) in [5.74, 6) is -0.335. The number of carbonyl (C=O) groups excluding carboxylic acids is 2. The lowest BCUT2D eigenvalue weighted by Crippen LogP contribution is -2.45. The van der Waals surface area contributed by atoms with Crippen molar-refractivity contribution in [2.24, 2.45) is 0 Å². The van der Waals surface area contributed by atoms with Gasteiger partial charge >= 0.3 is 5.97 Å². The van der Waals surface area contributed by atoms with Crippen LogP contribution in [0.1, 0.15) is 19.8 Å². The van der Waals surface area contributed by atoms with Crippen LogP contribution >= 0.6 is 0 Å². The summed E-state index contributed by atoms with van der Waals surface area (Å²) in [4.78, 5) is 24.9. The lowest BCUT2D eigenvalue weighted by molar-refractivity contribution is -0.147. The van der Waals surface area contributed by atoms with Crippen LogP contribution in [0, 0.1) is 0 Å². The highest BCUT2D eigenvalue weighted by Gasteiger charge is 2.47. The third-order valence-corrected chi connectivity index (χ3v) is 3.69. The van der Waals surface area contributed by atoms with Crippen LogP contribution in [0.15, 0.2) is 11.6 Å². The normalized spacial score (nSPS) is 31.3. The number of carbonyl (C=O) groups is 2. The molecular formula is C13H17NO5. The second-order valence-electron chi connectivity index (χ2n) is 4.95. The van der Waals surface area contributed by atoms with Gasteiger partial charge in [-0.3, -0.25) is 9.59 Å². The van der Waals surface area contributed by atoms with Gasteiger partial charge in [-0.15, -0.1) is 0 Å². The molecule has 1 amide bonds. The molecular weight excluding hydrogens is 250 g/mol. The Morgan fingerprint density at radius 3 is 2.84 bits per heavy atom. The van der Waals surface area contributed by atoms with Gasteiger partial charge in [-0.2, -0.15) is 0 Å². The van der Waals surface area contributed by atoms with Crippen LogP contribution in [0.3, 0.4) is 0 Å². The minimum Gasteiger partial charge on any atom is -0.459 e. The molecule has 2 atom stereocenters. The molecule has 0 spiro atoms. The van der Waals surface area contributed by atoms with Crippen LogP contribution in [-0.4, -0.2) is 55.0 Å². The van der Waals surface area contributed by atoms with Gasteiger partial charge in [0.25, 0.3) is 0 Å². The molecule has 104 valence electrons. The highest BCUT2D eigenvalue weighted by atomic mass is 16.7. The third kappa shape index (κ3) is 2.26. The Labute approximate surface area is 111 Å². The molecule has 0 bridgehead atoms. The molecule has 6 nitrogen and oxygen atoms in total. The fourth-order valence-corrected chi connectivity index (χ4v) is 3.01. The second-order valence-corrected chi connectivity index (χ2v) is 4.95. The molecule has 19 heavy (non-hydrogen) atoms. The highest BCUT2D eigenvalue weighted by molar-refractivity contribution is 5.81. The van der Waals surface area contributed by atoms with E-state index in [9.17, 15) is 9.59 Å². The zero-order chi connectivity index (χ0) is 13.4. The van der Waals surface area contributed by atoms with E-state index in [1.165, 1.54) is 6.92 Å². The summed E-state index contributed by atoms with van der Waals surface area (Å²) in [5, 5.41) is 0. The molecule has 6 heteroatoms. The van der Waals surface area contributed by atoms with Gasteiger partial charge in [0, 0.05) is 19.0 Å². The van der Waals surface area contributed by atoms with Crippen molar-refractivity contribution in [3.63, 3.8) is 0 Å². The predicted octanol–water partition coefficient (Wildman–Crippen LogP) is 0.222. The van der Waals surface area contributed by atoms with E-state index in [2.05, 4.69) is 0 Å². The van der Waals surface area contributed by atoms with Gasteiger partial charge in [-0.05, 0) is 6.42 Å². The SMILES string of the molecule is CC(=O)O[C@H]1CC(=O)N2CCC=C(C3OCCO3)[C@H]12. The lowest BCUT2D eigenvalue weighted by Gasteiger charge is -2.34. The molecule has 3 aliphatic rings. The number of ether oxygens (including phenoxy) is 3. The van der Waals surface area contributed by atoms with Gasteiger partial charge in [0.05, 0.1) is 25.7 Å². The molecule has 0 aromatic rings. The number of hydrogen-bond donors (Lipinski definition) is 0. The summed E-state index contributed by atoms with van der Waals surface area (Å²) < 4.78 is 16.3. The van der Waals surface area contributed by atoms with Crippen molar-refractivity contribution in [3.05, 3.63) is 11.6 Å². The molecule has 0 unspecified atom stereocenters. The first-order chi connectivity index (χ1) is 9.16. The summed E-state index contributed by atoms with van der Waals surface area (Å²) in [6.07, 6.45) is 2.25. The number of amides is 1. The summed E-state index contributed by atoms with van der Waals surface area (Å²) in [5.41, 5.74) is 0.917. The fourth-order valence-electron chi connectivity index (χ4n) is 3.01. The predicted molar refractivity (Wildman–Crippen MR) is 64.1 cm³/mol. The van der Waals surface area contributed by atoms with E-state index in [1.807, 2.05) is 6.08 Å². The maximum Gasteiger partial charge on any atom is 0.303 e. The van der Waals surface area contributed by atoms with Gasteiger partial charge in [0.15, 0.2) is 6.29 Å². The monoisotopic (exact) mass is 267 g/mol. The second kappa shape index (κ2) is 4.94. The minimum absolute atomic E-state index is 0.0276. The van der Waals surface area contributed by atoms with Crippen molar-refractivity contribution in [1.82, 2.24) is 4.90 Å². The Morgan fingerprint density at radius 2 is 2.16 bits per heavy atom. The van der Waals surface area contributed by atoms with Crippen LogP contribution in [0.5, 0.6) is 0 Å². The molecule has 2 saturated heterocycles. The average molecular weight is 267 g/mol. The lowest BCUT2D eigenvalue weighted by atomic mass is 9.97. The smallest absolute Gasteiger partial charge is 0.303 e. The summed E-state index contributed by atoms with van der Waals surface area (Å²) in [6, 6.07) is -0.228. The van der Waals surface area contributed by atoms with Crippen LogP contribution in [-0.2, 0) is 23.8 Å². The van der Waals surface area contributed by atoms with E-state index in [1.54, 1.807) is 4.90 Å². The maximum absolute atomic E-state index is 12.0. The topological polar surface area (TPSA) is 65.1 Å². The van der Waals surface area contributed by atoms with Gasteiger partial charge in [0.1, 0.15) is 6.10 Å². The number of nitrogens with zero attached hydrogens (tertiary/aromatic N) is 1. The molecule has 0 radical (unpaired) electrons. The van der Waals surface area contributed by atoms with Crippen molar-refractivity contribution < 1.29 is 23.8 Å². The van der Waals surface area contributed by atoms with Gasteiger partial charge < -0.3 is 19.1 Å². The van der Waals surface area contributed by atoms with Crippen molar-refractivity contribution >= 4 is 11.9 Å². The number of hydrogen-bond acceptors (Lipinski definition) is 5. The van der Waals surface area contributed by atoms with Crippen LogP contribution in [0.25, 0.3) is 0 Å². The van der Waals surface area contributed by atoms with E-state index >= 15 is 0 Å². The number of esters is 1. The zero-order valence-corrected chi connectivity index (χ0v) is 10.8. The fraction of sp³-hybridized carbons (Fsp3) is 0.692. The Bertz CT molecular complexity index is 427. The van der Waals surface area contributed by atoms with Gasteiger partial charge in [-0.1, -0.05) is 6.08 Å². The molecule has 0 aromatic heterocycles. The van der Waals surface area contributed by atoms with Crippen molar-refractivity contribution in [1.29, 1.82) is 0 Å². The first-order valence-electron chi connectivity index (χ1n) is 6.56. The first-order valence-corrected chi connectivity index (χ1v) is 6.56. The Kier molecular flexibility index (Phi) is 3.28. The Hall–Kier alpha value is -1.40. The first kappa shape index (κ1) is 12.6. The van der Waals surface area contributed by atoms with Crippen molar-refractivity contribution in [2.75, 3.05) is 19.8 Å². The van der Waals surface area contributed by atoms with E-state index in [0.29, 0.717) is 19.8 Å². The van der Waals surface area contributed by atoms with Gasteiger partial charge in [-0.25, -0.2) is 0 Å². The molecule has 0 N–H and O–H groups in total. The zero-order valence-electron chi connectivity index (χ0n) is 10.8. The van der Waals surface area contributed by atoms with E-state index in [4.69, 9.17) is 14.2 Å². The van der Waals surface area contributed by atoms with E-state index in [-0.39, 0.29) is 24.3 Å². The average Bonchev–Trinajstić information content (AvgIpc) is 2.98. The van der Waals surface area contributed by atoms with Crippen LogP contribution in [0.2, 0.25) is 0 Å². The minimum atomic E-state index is -0.427. The standard InChI is InChI=1S/C13H17NO5/c1-8(15)19-10-7-11(16)14-4-2-3-9(12(10)14)13-17-5-6-18-13/h3,10,12-13H,2,4-7H2,1H3/t10-,12+/m0/s1. The summed E-state index contributed by atoms with van der Waals surface area (Å²) in [6.45, 7) is 3.14. The van der Waals surface area contributed by atoms with Crippen molar-refractivity contribution in [2.45, 2.75) is 38.2 Å². The molecule has 0 saturated carbocycles. The molecule has 3 rings (SSSR count). The van der Waals surface area contributed by atoms with Crippen LogP contribution in [0.4, 0.5) is 0 Å². The number of rotatable bonds is 2.